The SMILES string of the molecule is CCOC(=O)c1cnc(SCC(=O)N2CCC(C)CC2)nc1N. The van der Waals surface area contributed by atoms with Gasteiger partial charge in [0, 0.05) is 19.3 Å². The number of amides is 1. The smallest absolute Gasteiger partial charge is 0.343 e. The molecular formula is C15H22N4O3S. The number of esters is 1. The van der Waals surface area contributed by atoms with Gasteiger partial charge in [0.2, 0.25) is 5.91 Å². The lowest BCUT2D eigenvalue weighted by Gasteiger charge is -2.30. The fraction of sp³-hybridized carbons (Fsp3) is 0.600. The Labute approximate surface area is 140 Å². The highest BCUT2D eigenvalue weighted by Crippen LogP contribution is 2.20. The van der Waals surface area contributed by atoms with Gasteiger partial charge in [-0.25, -0.2) is 14.8 Å². The summed E-state index contributed by atoms with van der Waals surface area (Å²) < 4.78 is 4.87. The van der Waals surface area contributed by atoms with Crippen molar-refractivity contribution >= 4 is 29.5 Å². The molecule has 2 heterocycles. The number of rotatable bonds is 5. The van der Waals surface area contributed by atoms with Crippen LogP contribution < -0.4 is 5.73 Å². The summed E-state index contributed by atoms with van der Waals surface area (Å²) >= 11 is 1.23. The topological polar surface area (TPSA) is 98.4 Å². The number of anilines is 1. The fourth-order valence-corrected chi connectivity index (χ4v) is 3.01. The van der Waals surface area contributed by atoms with Crippen molar-refractivity contribution in [3.05, 3.63) is 11.8 Å². The quantitative estimate of drug-likeness (QED) is 0.494. The summed E-state index contributed by atoms with van der Waals surface area (Å²) in [5, 5.41) is 0.384. The Morgan fingerprint density at radius 3 is 2.74 bits per heavy atom. The number of hydrogen-bond donors (Lipinski definition) is 1. The zero-order chi connectivity index (χ0) is 16.8. The van der Waals surface area contributed by atoms with Gasteiger partial charge in [-0.3, -0.25) is 4.79 Å². The van der Waals surface area contributed by atoms with Crippen molar-refractivity contribution in [2.75, 3.05) is 31.2 Å². The van der Waals surface area contributed by atoms with E-state index in [0.29, 0.717) is 11.1 Å². The Bertz CT molecular complexity index is 574. The van der Waals surface area contributed by atoms with Gasteiger partial charge in [-0.15, -0.1) is 0 Å². The molecule has 23 heavy (non-hydrogen) atoms. The summed E-state index contributed by atoms with van der Waals surface area (Å²) in [5.41, 5.74) is 5.90. The molecular weight excluding hydrogens is 316 g/mol. The van der Waals surface area contributed by atoms with Crippen LogP contribution in [-0.4, -0.2) is 52.2 Å². The van der Waals surface area contributed by atoms with Crippen LogP contribution in [0.15, 0.2) is 11.4 Å². The van der Waals surface area contributed by atoms with E-state index in [2.05, 4.69) is 16.9 Å². The second-order valence-corrected chi connectivity index (χ2v) is 6.47. The fourth-order valence-electron chi connectivity index (χ4n) is 2.29. The van der Waals surface area contributed by atoms with E-state index < -0.39 is 5.97 Å². The highest BCUT2D eigenvalue weighted by Gasteiger charge is 2.21. The van der Waals surface area contributed by atoms with Crippen LogP contribution in [0.3, 0.4) is 0 Å². The van der Waals surface area contributed by atoms with Crippen LogP contribution in [0, 0.1) is 5.92 Å². The number of thioether (sulfide) groups is 1. The van der Waals surface area contributed by atoms with Crippen LogP contribution in [0.5, 0.6) is 0 Å². The number of nitrogen functional groups attached to an aromatic ring is 1. The molecule has 1 aromatic heterocycles. The summed E-state index contributed by atoms with van der Waals surface area (Å²) in [6.07, 6.45) is 3.44. The predicted molar refractivity (Wildman–Crippen MR) is 88.1 cm³/mol. The molecule has 2 rings (SSSR count). The molecule has 0 atom stereocenters. The van der Waals surface area contributed by atoms with Gasteiger partial charge in [0.05, 0.1) is 12.4 Å². The molecule has 126 valence electrons. The molecule has 0 aliphatic carbocycles. The normalized spacial score (nSPS) is 15.5. The zero-order valence-corrected chi connectivity index (χ0v) is 14.3. The largest absolute Gasteiger partial charge is 0.462 e. The first-order chi connectivity index (χ1) is 11.0. The van der Waals surface area contributed by atoms with Gasteiger partial charge in [-0.05, 0) is 25.7 Å². The van der Waals surface area contributed by atoms with Gasteiger partial charge >= 0.3 is 5.97 Å². The first kappa shape index (κ1) is 17.5. The molecule has 1 aliphatic heterocycles. The molecule has 0 aromatic carbocycles. The molecule has 2 N–H and O–H groups in total. The number of carbonyl (C=O) groups is 2. The number of nitrogens with zero attached hydrogens (tertiary/aromatic N) is 3. The van der Waals surface area contributed by atoms with Crippen LogP contribution in [-0.2, 0) is 9.53 Å². The van der Waals surface area contributed by atoms with E-state index in [4.69, 9.17) is 10.5 Å². The molecule has 8 heteroatoms. The van der Waals surface area contributed by atoms with E-state index in [-0.39, 0.29) is 29.6 Å². The second kappa shape index (κ2) is 8.14. The lowest BCUT2D eigenvalue weighted by molar-refractivity contribution is -0.129. The van der Waals surface area contributed by atoms with Crippen LogP contribution in [0.25, 0.3) is 0 Å². The van der Waals surface area contributed by atoms with Crippen molar-refractivity contribution in [3.63, 3.8) is 0 Å². The van der Waals surface area contributed by atoms with Crippen molar-refractivity contribution in [1.82, 2.24) is 14.9 Å². The second-order valence-electron chi connectivity index (χ2n) is 5.52. The summed E-state index contributed by atoms with van der Waals surface area (Å²) in [4.78, 5) is 33.8. The van der Waals surface area contributed by atoms with E-state index in [1.54, 1.807) is 6.92 Å². The van der Waals surface area contributed by atoms with E-state index in [1.807, 2.05) is 4.90 Å². The third-order valence-electron chi connectivity index (χ3n) is 3.75. The minimum Gasteiger partial charge on any atom is -0.462 e. The molecule has 1 aromatic rings. The molecule has 7 nitrogen and oxygen atoms in total. The maximum Gasteiger partial charge on any atom is 0.343 e. The molecule has 0 spiro atoms. The molecule has 1 saturated heterocycles. The van der Waals surface area contributed by atoms with Crippen molar-refractivity contribution < 1.29 is 14.3 Å². The summed E-state index contributed by atoms with van der Waals surface area (Å²) in [6.45, 7) is 5.80. The molecule has 0 saturated carbocycles. The number of likely N-dealkylation sites (tertiary alicyclic amines) is 1. The zero-order valence-electron chi connectivity index (χ0n) is 13.4. The average Bonchev–Trinajstić information content (AvgIpc) is 2.53. The summed E-state index contributed by atoms with van der Waals surface area (Å²) in [6, 6.07) is 0. The Balaban J connectivity index is 1.89. The number of ether oxygens (including phenoxy) is 1. The summed E-state index contributed by atoms with van der Waals surface area (Å²) in [7, 11) is 0. The number of nitrogens with two attached hydrogens (primary N) is 1. The monoisotopic (exact) mass is 338 g/mol. The number of piperidine rings is 1. The predicted octanol–water partition coefficient (Wildman–Crippen LogP) is 1.59. The highest BCUT2D eigenvalue weighted by atomic mass is 32.2. The lowest BCUT2D eigenvalue weighted by atomic mass is 9.99. The van der Waals surface area contributed by atoms with Crippen molar-refractivity contribution in [2.24, 2.45) is 5.92 Å². The molecule has 0 bridgehead atoms. The Morgan fingerprint density at radius 1 is 1.43 bits per heavy atom. The Kier molecular flexibility index (Phi) is 6.20. The molecule has 1 amide bonds. The maximum absolute atomic E-state index is 12.2. The van der Waals surface area contributed by atoms with Gasteiger partial charge in [-0.2, -0.15) is 0 Å². The van der Waals surface area contributed by atoms with Crippen LogP contribution in [0.2, 0.25) is 0 Å². The Hall–Kier alpha value is -1.83. The third kappa shape index (κ3) is 4.82. The van der Waals surface area contributed by atoms with Crippen LogP contribution >= 0.6 is 11.8 Å². The average molecular weight is 338 g/mol. The minimum absolute atomic E-state index is 0.0696. The van der Waals surface area contributed by atoms with Crippen LogP contribution in [0.4, 0.5) is 5.82 Å². The number of aromatic nitrogens is 2. The van der Waals surface area contributed by atoms with E-state index in [9.17, 15) is 9.59 Å². The minimum atomic E-state index is -0.542. The number of hydrogen-bond acceptors (Lipinski definition) is 7. The summed E-state index contributed by atoms with van der Waals surface area (Å²) in [5.74, 6) is 0.566. The molecule has 0 radical (unpaired) electrons. The first-order valence-corrected chi connectivity index (χ1v) is 8.70. The van der Waals surface area contributed by atoms with Crippen molar-refractivity contribution in [3.8, 4) is 0 Å². The van der Waals surface area contributed by atoms with Gasteiger partial charge in [-0.1, -0.05) is 18.7 Å². The van der Waals surface area contributed by atoms with Gasteiger partial charge in [0.15, 0.2) is 5.16 Å². The molecule has 0 unspecified atom stereocenters. The van der Waals surface area contributed by atoms with Crippen LogP contribution in [0.1, 0.15) is 37.0 Å². The van der Waals surface area contributed by atoms with Crippen molar-refractivity contribution in [1.29, 1.82) is 0 Å². The third-order valence-corrected chi connectivity index (χ3v) is 4.60. The van der Waals surface area contributed by atoms with E-state index in [0.717, 1.165) is 25.9 Å². The van der Waals surface area contributed by atoms with E-state index in [1.165, 1.54) is 18.0 Å². The van der Waals surface area contributed by atoms with Gasteiger partial charge < -0.3 is 15.4 Å². The molecule has 1 fully saturated rings. The Morgan fingerprint density at radius 2 is 2.13 bits per heavy atom. The maximum atomic E-state index is 12.2. The van der Waals surface area contributed by atoms with Crippen molar-refractivity contribution in [2.45, 2.75) is 31.8 Å². The molecule has 1 aliphatic rings. The van der Waals surface area contributed by atoms with Gasteiger partial charge in [0.1, 0.15) is 11.4 Å². The highest BCUT2D eigenvalue weighted by molar-refractivity contribution is 7.99. The van der Waals surface area contributed by atoms with E-state index >= 15 is 0 Å². The first-order valence-electron chi connectivity index (χ1n) is 7.71. The lowest BCUT2D eigenvalue weighted by Crippen LogP contribution is -2.38. The standard InChI is InChI=1S/C15H22N4O3S/c1-3-22-14(21)11-8-17-15(18-13(11)16)23-9-12(20)19-6-4-10(2)5-7-19/h8,10H,3-7,9H2,1-2H3,(H2,16,17,18). The number of carbonyl (C=O) groups excluding carboxylic acids is 2. The van der Waals surface area contributed by atoms with Gasteiger partial charge in [0.25, 0.3) is 0 Å².